The number of fused-ring (bicyclic) bond motifs is 2. The van der Waals surface area contributed by atoms with E-state index in [1.807, 2.05) is 18.2 Å². The van der Waals surface area contributed by atoms with Crippen molar-refractivity contribution in [2.24, 2.45) is 5.92 Å². The molecule has 0 radical (unpaired) electrons. The Labute approximate surface area is 193 Å². The molecule has 0 bridgehead atoms. The maximum Gasteiger partial charge on any atom is 0.306 e. The number of carbonyl (C=O) groups is 1. The average Bonchev–Trinajstić information content (AvgIpc) is 3.44. The molecule has 0 amide bonds. The van der Waals surface area contributed by atoms with Crippen molar-refractivity contribution in [2.45, 2.75) is 39.7 Å². The van der Waals surface area contributed by atoms with Crippen LogP contribution in [0, 0.1) is 19.8 Å². The third-order valence-corrected chi connectivity index (χ3v) is 6.89. The van der Waals surface area contributed by atoms with Gasteiger partial charge in [-0.25, -0.2) is 0 Å². The molecule has 5 heteroatoms. The summed E-state index contributed by atoms with van der Waals surface area (Å²) in [5, 5.41) is 9.33. The van der Waals surface area contributed by atoms with Gasteiger partial charge in [0.25, 0.3) is 0 Å². The second kappa shape index (κ2) is 8.47. The highest BCUT2D eigenvalue weighted by atomic mass is 16.5. The molecule has 2 aliphatic rings. The second-order valence-corrected chi connectivity index (χ2v) is 9.00. The standard InChI is InChI=1S/C28H28O5/c1-16-11-25-22(9-10-31-25)17(2)27(16)20-6-4-5-19(12-20)14-32-21-7-8-23-24(18(3)28(29)30)15-33-26(23)13-21/h4-8,11-13,18,24H,9-10,14-15H2,1-3H3,(H,29,30). The first-order chi connectivity index (χ1) is 15.9. The van der Waals surface area contributed by atoms with Gasteiger partial charge in [-0.1, -0.05) is 31.2 Å². The summed E-state index contributed by atoms with van der Waals surface area (Å²) in [5.74, 6) is 1.02. The number of rotatable bonds is 6. The van der Waals surface area contributed by atoms with Crippen LogP contribution in [0.5, 0.6) is 17.2 Å². The molecule has 33 heavy (non-hydrogen) atoms. The molecule has 1 N–H and O–H groups in total. The Balaban J connectivity index is 1.34. The predicted molar refractivity (Wildman–Crippen MR) is 126 cm³/mol. The van der Waals surface area contributed by atoms with Gasteiger partial charge in [-0.15, -0.1) is 0 Å². The van der Waals surface area contributed by atoms with E-state index in [-0.39, 0.29) is 5.92 Å². The molecule has 0 saturated heterocycles. The number of aliphatic carboxylic acids is 1. The SMILES string of the molecule is Cc1cc2c(c(C)c1-c1cccc(COc3ccc4c(c3)OCC4C(C)C(=O)O)c1)CCO2. The molecule has 0 aliphatic carbocycles. The number of carboxylic acid groups (broad SMARTS) is 1. The van der Waals surface area contributed by atoms with Crippen LogP contribution in [0.1, 0.15) is 40.7 Å². The first-order valence-corrected chi connectivity index (χ1v) is 11.4. The summed E-state index contributed by atoms with van der Waals surface area (Å²) in [4.78, 5) is 11.4. The molecule has 2 heterocycles. The lowest BCUT2D eigenvalue weighted by Crippen LogP contribution is -2.19. The van der Waals surface area contributed by atoms with E-state index in [0.717, 1.165) is 29.9 Å². The second-order valence-electron chi connectivity index (χ2n) is 9.00. The molecule has 0 spiro atoms. The number of carboxylic acids is 1. The molecule has 2 atom stereocenters. The van der Waals surface area contributed by atoms with Crippen molar-refractivity contribution >= 4 is 5.97 Å². The van der Waals surface area contributed by atoms with Crippen LogP contribution in [0.4, 0.5) is 0 Å². The van der Waals surface area contributed by atoms with Crippen LogP contribution < -0.4 is 14.2 Å². The van der Waals surface area contributed by atoms with E-state index in [0.29, 0.717) is 24.7 Å². The monoisotopic (exact) mass is 444 g/mol. The number of aryl methyl sites for hydroxylation is 1. The lowest BCUT2D eigenvalue weighted by molar-refractivity contribution is -0.142. The number of hydrogen-bond donors (Lipinski definition) is 1. The fraction of sp³-hybridized carbons (Fsp3) is 0.321. The highest BCUT2D eigenvalue weighted by molar-refractivity contribution is 5.75. The summed E-state index contributed by atoms with van der Waals surface area (Å²) in [6.45, 7) is 7.62. The number of benzene rings is 3. The Morgan fingerprint density at radius 3 is 2.79 bits per heavy atom. The minimum Gasteiger partial charge on any atom is -0.493 e. The third-order valence-electron chi connectivity index (χ3n) is 6.89. The maximum atomic E-state index is 11.4. The van der Waals surface area contributed by atoms with Crippen molar-refractivity contribution in [1.82, 2.24) is 0 Å². The molecule has 0 aromatic heterocycles. The molecule has 3 aromatic carbocycles. The van der Waals surface area contributed by atoms with Crippen molar-refractivity contribution in [1.29, 1.82) is 0 Å². The van der Waals surface area contributed by atoms with Gasteiger partial charge < -0.3 is 19.3 Å². The van der Waals surface area contributed by atoms with Gasteiger partial charge >= 0.3 is 5.97 Å². The molecular weight excluding hydrogens is 416 g/mol. The van der Waals surface area contributed by atoms with Crippen LogP contribution in [0.3, 0.4) is 0 Å². The van der Waals surface area contributed by atoms with Crippen LogP contribution >= 0.6 is 0 Å². The molecule has 0 fully saturated rings. The van der Waals surface area contributed by atoms with Gasteiger partial charge in [0.2, 0.25) is 0 Å². The van der Waals surface area contributed by atoms with Crippen LogP contribution in [0.15, 0.2) is 48.5 Å². The van der Waals surface area contributed by atoms with Gasteiger partial charge in [0, 0.05) is 29.5 Å². The summed E-state index contributed by atoms with van der Waals surface area (Å²) < 4.78 is 17.6. The minimum absolute atomic E-state index is 0.132. The number of hydrogen-bond acceptors (Lipinski definition) is 4. The normalized spacial score (nSPS) is 17.0. The molecule has 3 aromatic rings. The Hall–Kier alpha value is -3.47. The first-order valence-electron chi connectivity index (χ1n) is 11.4. The van der Waals surface area contributed by atoms with Crippen molar-refractivity contribution in [3.05, 3.63) is 76.3 Å². The van der Waals surface area contributed by atoms with Crippen LogP contribution in [-0.4, -0.2) is 24.3 Å². The summed E-state index contributed by atoms with van der Waals surface area (Å²) >= 11 is 0. The Morgan fingerprint density at radius 2 is 1.97 bits per heavy atom. The zero-order chi connectivity index (χ0) is 23.1. The van der Waals surface area contributed by atoms with Gasteiger partial charge in [0.1, 0.15) is 23.9 Å². The van der Waals surface area contributed by atoms with Crippen LogP contribution in [-0.2, 0) is 17.8 Å². The van der Waals surface area contributed by atoms with Crippen molar-refractivity contribution < 1.29 is 24.1 Å². The van der Waals surface area contributed by atoms with Gasteiger partial charge in [-0.3, -0.25) is 4.79 Å². The minimum atomic E-state index is -0.807. The Morgan fingerprint density at radius 1 is 1.12 bits per heavy atom. The predicted octanol–water partition coefficient (Wildman–Crippen LogP) is 5.68. The quantitative estimate of drug-likeness (QED) is 0.530. The maximum absolute atomic E-state index is 11.4. The summed E-state index contributed by atoms with van der Waals surface area (Å²) in [5.41, 5.74) is 8.29. The molecule has 5 nitrogen and oxygen atoms in total. The third kappa shape index (κ3) is 3.92. The zero-order valence-electron chi connectivity index (χ0n) is 19.2. The molecular formula is C28H28O5. The highest BCUT2D eigenvalue weighted by Crippen LogP contribution is 2.41. The van der Waals surface area contributed by atoms with Crippen molar-refractivity contribution in [2.75, 3.05) is 13.2 Å². The number of ether oxygens (including phenoxy) is 3. The van der Waals surface area contributed by atoms with E-state index in [9.17, 15) is 9.90 Å². The van der Waals surface area contributed by atoms with Gasteiger partial charge in [-0.05, 0) is 59.9 Å². The molecule has 2 unspecified atom stereocenters. The van der Waals surface area contributed by atoms with E-state index in [4.69, 9.17) is 14.2 Å². The van der Waals surface area contributed by atoms with Crippen LogP contribution in [0.25, 0.3) is 11.1 Å². The Kier molecular flexibility index (Phi) is 5.49. The topological polar surface area (TPSA) is 65.0 Å². The lowest BCUT2D eigenvalue weighted by Gasteiger charge is -2.15. The van der Waals surface area contributed by atoms with E-state index < -0.39 is 11.9 Å². The molecule has 0 saturated carbocycles. The average molecular weight is 445 g/mol. The Bertz CT molecular complexity index is 1230. The van der Waals surface area contributed by atoms with Crippen molar-refractivity contribution in [3.63, 3.8) is 0 Å². The molecule has 5 rings (SSSR count). The van der Waals surface area contributed by atoms with Crippen LogP contribution in [0.2, 0.25) is 0 Å². The molecule has 170 valence electrons. The summed E-state index contributed by atoms with van der Waals surface area (Å²) in [7, 11) is 0. The largest absolute Gasteiger partial charge is 0.493 e. The zero-order valence-corrected chi connectivity index (χ0v) is 19.2. The fourth-order valence-corrected chi connectivity index (χ4v) is 5.01. The smallest absolute Gasteiger partial charge is 0.306 e. The lowest BCUT2D eigenvalue weighted by atomic mass is 9.89. The van der Waals surface area contributed by atoms with E-state index in [1.54, 1.807) is 6.92 Å². The van der Waals surface area contributed by atoms with Gasteiger partial charge in [0.05, 0.1) is 19.1 Å². The molecule has 2 aliphatic heterocycles. The van der Waals surface area contributed by atoms with E-state index >= 15 is 0 Å². The summed E-state index contributed by atoms with van der Waals surface area (Å²) in [6.07, 6.45) is 0.962. The van der Waals surface area contributed by atoms with E-state index in [2.05, 4.69) is 44.2 Å². The summed E-state index contributed by atoms with van der Waals surface area (Å²) in [6, 6.07) is 16.3. The highest BCUT2D eigenvalue weighted by Gasteiger charge is 2.33. The van der Waals surface area contributed by atoms with Crippen molar-refractivity contribution in [3.8, 4) is 28.4 Å². The van der Waals surface area contributed by atoms with Gasteiger partial charge in [0.15, 0.2) is 0 Å². The van der Waals surface area contributed by atoms with E-state index in [1.165, 1.54) is 27.8 Å². The first kappa shape index (κ1) is 21.4. The van der Waals surface area contributed by atoms with Gasteiger partial charge in [-0.2, -0.15) is 0 Å². The fourth-order valence-electron chi connectivity index (χ4n) is 5.01.